The van der Waals surface area contributed by atoms with Crippen molar-refractivity contribution in [1.82, 2.24) is 19.8 Å². The number of nitrogen functional groups attached to an aromatic ring is 1. The van der Waals surface area contributed by atoms with Gasteiger partial charge in [0, 0.05) is 20.7 Å². The fourth-order valence-corrected chi connectivity index (χ4v) is 4.27. The number of fused-ring (bicyclic) bond motifs is 1. The van der Waals surface area contributed by atoms with Crippen LogP contribution < -0.4 is 5.73 Å². The summed E-state index contributed by atoms with van der Waals surface area (Å²) >= 11 is 3.84. The van der Waals surface area contributed by atoms with Gasteiger partial charge in [0.25, 0.3) is 0 Å². The second-order valence-corrected chi connectivity index (χ2v) is 7.57. The van der Waals surface area contributed by atoms with E-state index in [1.165, 1.54) is 25.7 Å². The van der Waals surface area contributed by atoms with E-state index in [1.807, 2.05) is 16.6 Å². The molecule has 0 atom stereocenters. The fourth-order valence-electron chi connectivity index (χ4n) is 2.89. The number of hydrogen-bond acceptors (Lipinski definition) is 5. The highest BCUT2D eigenvalue weighted by atomic mass is 127. The Kier molecular flexibility index (Phi) is 3.33. The third-order valence-corrected chi connectivity index (χ3v) is 5.58. The van der Waals surface area contributed by atoms with E-state index < -0.39 is 0 Å². The van der Waals surface area contributed by atoms with Gasteiger partial charge in [-0.3, -0.25) is 0 Å². The third-order valence-electron chi connectivity index (χ3n) is 3.98. The maximum absolute atomic E-state index is 6.09. The minimum atomic E-state index is 0.503. The van der Waals surface area contributed by atoms with Gasteiger partial charge < -0.3 is 5.73 Å². The lowest BCUT2D eigenvalue weighted by Crippen LogP contribution is -2.01. The summed E-state index contributed by atoms with van der Waals surface area (Å²) in [6.45, 7) is 0. The van der Waals surface area contributed by atoms with E-state index in [9.17, 15) is 0 Å². The maximum Gasteiger partial charge on any atom is 0.234 e. The Morgan fingerprint density at radius 1 is 1.24 bits per heavy atom. The van der Waals surface area contributed by atoms with Crippen LogP contribution in [-0.2, 0) is 0 Å². The molecule has 1 fully saturated rings. The van der Waals surface area contributed by atoms with Crippen molar-refractivity contribution >= 4 is 44.6 Å². The molecular weight excluding hydrogens is 397 g/mol. The number of aromatic nitrogens is 4. The van der Waals surface area contributed by atoms with Crippen molar-refractivity contribution < 1.29 is 0 Å². The molecule has 1 aliphatic carbocycles. The minimum Gasteiger partial charge on any atom is -0.398 e. The predicted octanol–water partition coefficient (Wildman–Crippen LogP) is 3.70. The van der Waals surface area contributed by atoms with E-state index in [2.05, 4.69) is 38.9 Å². The second-order valence-electron chi connectivity index (χ2n) is 5.37. The van der Waals surface area contributed by atoms with E-state index >= 15 is 0 Å². The van der Waals surface area contributed by atoms with Gasteiger partial charge >= 0.3 is 0 Å². The van der Waals surface area contributed by atoms with Crippen LogP contribution in [0.15, 0.2) is 18.2 Å². The number of halogens is 1. The summed E-state index contributed by atoms with van der Waals surface area (Å²) in [6.07, 6.45) is 4.94. The number of nitrogens with zero attached hydrogens (tertiary/aromatic N) is 4. The number of nitrogens with two attached hydrogens (primary N) is 1. The Balaban J connectivity index is 1.82. The Bertz CT molecular complexity index is 803. The molecule has 3 aromatic rings. The van der Waals surface area contributed by atoms with Crippen LogP contribution >= 0.6 is 33.9 Å². The third kappa shape index (κ3) is 2.32. The van der Waals surface area contributed by atoms with E-state index in [0.29, 0.717) is 5.92 Å². The Morgan fingerprint density at radius 2 is 2.05 bits per heavy atom. The van der Waals surface area contributed by atoms with Crippen molar-refractivity contribution in [1.29, 1.82) is 0 Å². The van der Waals surface area contributed by atoms with Crippen LogP contribution in [0.25, 0.3) is 15.5 Å². The predicted molar refractivity (Wildman–Crippen MR) is 92.4 cm³/mol. The Hall–Kier alpha value is -1.22. The average molecular weight is 411 g/mol. The van der Waals surface area contributed by atoms with E-state index in [0.717, 1.165) is 30.6 Å². The van der Waals surface area contributed by atoms with Crippen LogP contribution in [0.3, 0.4) is 0 Å². The normalized spacial score (nSPS) is 16.0. The molecule has 2 N–H and O–H groups in total. The smallest absolute Gasteiger partial charge is 0.234 e. The van der Waals surface area contributed by atoms with Crippen molar-refractivity contribution in [3.63, 3.8) is 0 Å². The monoisotopic (exact) mass is 411 g/mol. The number of anilines is 1. The zero-order valence-electron chi connectivity index (χ0n) is 11.3. The molecule has 5 nitrogen and oxygen atoms in total. The lowest BCUT2D eigenvalue weighted by atomic mass is 10.1. The van der Waals surface area contributed by atoms with Crippen LogP contribution in [0, 0.1) is 3.57 Å². The molecule has 108 valence electrons. The molecule has 1 aliphatic rings. The number of hydrogen-bond donors (Lipinski definition) is 1. The van der Waals surface area contributed by atoms with Crippen molar-refractivity contribution in [3.8, 4) is 10.6 Å². The molecule has 21 heavy (non-hydrogen) atoms. The molecule has 0 amide bonds. The SMILES string of the molecule is Nc1ccc(I)cc1-c1nn2c(C3CCCC3)nnc2s1. The summed E-state index contributed by atoms with van der Waals surface area (Å²) in [5, 5.41) is 14.3. The van der Waals surface area contributed by atoms with Crippen molar-refractivity contribution in [2.24, 2.45) is 0 Å². The molecule has 2 aromatic heterocycles. The first-order chi connectivity index (χ1) is 10.2. The van der Waals surface area contributed by atoms with Gasteiger partial charge in [-0.05, 0) is 53.6 Å². The van der Waals surface area contributed by atoms with Crippen LogP contribution in [0.2, 0.25) is 0 Å². The van der Waals surface area contributed by atoms with Crippen molar-refractivity contribution in [3.05, 3.63) is 27.6 Å². The van der Waals surface area contributed by atoms with Gasteiger partial charge in [-0.15, -0.1) is 10.2 Å². The standard InChI is InChI=1S/C14H14IN5S/c15-9-5-6-11(16)10(7-9)13-19-20-12(8-3-1-2-4-8)17-18-14(20)21-13/h5-8H,1-4,16H2. The average Bonchev–Trinajstić information content (AvgIpc) is 3.15. The summed E-state index contributed by atoms with van der Waals surface area (Å²) in [5.74, 6) is 1.51. The molecular formula is C14H14IN5S. The zero-order chi connectivity index (χ0) is 14.4. The summed E-state index contributed by atoms with van der Waals surface area (Å²) in [4.78, 5) is 0.852. The topological polar surface area (TPSA) is 69.1 Å². The van der Waals surface area contributed by atoms with Gasteiger partial charge in [0.15, 0.2) is 5.82 Å². The molecule has 1 saturated carbocycles. The van der Waals surface area contributed by atoms with E-state index in [-0.39, 0.29) is 0 Å². The number of rotatable bonds is 2. The summed E-state index contributed by atoms with van der Waals surface area (Å²) in [5.41, 5.74) is 7.82. The van der Waals surface area contributed by atoms with E-state index in [1.54, 1.807) is 11.3 Å². The fraction of sp³-hybridized carbons (Fsp3) is 0.357. The zero-order valence-corrected chi connectivity index (χ0v) is 14.3. The maximum atomic E-state index is 6.09. The molecule has 1 aromatic carbocycles. The van der Waals surface area contributed by atoms with Gasteiger partial charge in [-0.1, -0.05) is 24.2 Å². The molecule has 0 bridgehead atoms. The molecule has 0 aliphatic heterocycles. The van der Waals surface area contributed by atoms with Crippen molar-refractivity contribution in [2.45, 2.75) is 31.6 Å². The Morgan fingerprint density at radius 3 is 2.86 bits per heavy atom. The molecule has 0 unspecified atom stereocenters. The van der Waals surface area contributed by atoms with Gasteiger partial charge in [0.1, 0.15) is 5.01 Å². The lowest BCUT2D eigenvalue weighted by molar-refractivity contribution is 0.641. The first kappa shape index (κ1) is 13.4. The largest absolute Gasteiger partial charge is 0.398 e. The first-order valence-corrected chi connectivity index (χ1v) is 8.89. The second kappa shape index (κ2) is 5.20. The molecule has 2 heterocycles. The summed E-state index contributed by atoms with van der Waals surface area (Å²) in [6, 6.07) is 6.00. The minimum absolute atomic E-state index is 0.503. The van der Waals surface area contributed by atoms with Crippen LogP contribution in [0.4, 0.5) is 5.69 Å². The van der Waals surface area contributed by atoms with Gasteiger partial charge in [-0.25, -0.2) is 0 Å². The quantitative estimate of drug-likeness (QED) is 0.516. The van der Waals surface area contributed by atoms with Crippen LogP contribution in [0.5, 0.6) is 0 Å². The highest BCUT2D eigenvalue weighted by Gasteiger charge is 2.24. The van der Waals surface area contributed by atoms with Gasteiger partial charge in [0.2, 0.25) is 4.96 Å². The highest BCUT2D eigenvalue weighted by Crippen LogP contribution is 2.36. The molecule has 0 saturated heterocycles. The lowest BCUT2D eigenvalue weighted by Gasteiger charge is -2.04. The molecule has 0 radical (unpaired) electrons. The summed E-state index contributed by atoms with van der Waals surface area (Å²) < 4.78 is 3.06. The Labute approximate surface area is 139 Å². The van der Waals surface area contributed by atoms with Crippen LogP contribution in [0.1, 0.15) is 37.4 Å². The van der Waals surface area contributed by atoms with Gasteiger partial charge in [-0.2, -0.15) is 9.61 Å². The van der Waals surface area contributed by atoms with Crippen LogP contribution in [-0.4, -0.2) is 19.8 Å². The highest BCUT2D eigenvalue weighted by molar-refractivity contribution is 14.1. The first-order valence-electron chi connectivity index (χ1n) is 7.00. The molecule has 4 rings (SSSR count). The molecule has 7 heteroatoms. The van der Waals surface area contributed by atoms with E-state index in [4.69, 9.17) is 10.8 Å². The van der Waals surface area contributed by atoms with Gasteiger partial charge in [0.05, 0.1) is 0 Å². The summed E-state index contributed by atoms with van der Waals surface area (Å²) in [7, 11) is 0. The molecule has 0 spiro atoms. The van der Waals surface area contributed by atoms with Crippen molar-refractivity contribution in [2.75, 3.05) is 5.73 Å². The number of benzene rings is 1.